The van der Waals surface area contributed by atoms with E-state index in [-0.39, 0.29) is 90.1 Å². The molecule has 2 aliphatic heterocycles. The molecule has 620 valence electrons. The molecule has 0 saturated heterocycles. The van der Waals surface area contributed by atoms with Gasteiger partial charge in [-0.3, -0.25) is 38.4 Å². The van der Waals surface area contributed by atoms with Gasteiger partial charge in [-0.25, -0.2) is 0 Å². The summed E-state index contributed by atoms with van der Waals surface area (Å²) in [6.07, 6.45) is 12.5. The average molecular weight is 1620 g/mol. The lowest BCUT2D eigenvalue weighted by Crippen LogP contribution is -2.32. The first-order valence-corrected chi connectivity index (χ1v) is 37.7. The van der Waals surface area contributed by atoms with Crippen LogP contribution >= 0.6 is 7.92 Å². The SMILES string of the molecule is C.C/C=C1/C(=O)NCc2c(C)c(C)c(C)c(C)c21.Cc1c(C)c(C)c2c(c1C)CNC(=O)/C2=C\NCc1cc(=O)c(C)c[nH]1.Cc1c[nH]c(CN)cc1=O.Cc1c[nH]c(CN=[N+]=[N-])cc1=O.Cc1c[nH]c(CO)cc1=O.Cc1coc(CO)cc1=O.N.O.O=c1cc(CO)occ1O.c1ccc(P(c2ccccc2)c2ccccc2)cc1. The van der Waals surface area contributed by atoms with Gasteiger partial charge in [0, 0.05) is 148 Å². The Morgan fingerprint density at radius 3 is 1.23 bits per heavy atom. The summed E-state index contributed by atoms with van der Waals surface area (Å²) in [4.78, 5) is 105. The van der Waals surface area contributed by atoms with Gasteiger partial charge >= 0.3 is 0 Å². The lowest BCUT2D eigenvalue weighted by molar-refractivity contribution is -0.116. The number of aromatic hydroxyl groups is 1. The van der Waals surface area contributed by atoms with E-state index in [2.05, 4.69) is 197 Å². The first-order chi connectivity index (χ1) is 54.4. The smallest absolute Gasteiger partial charge is 0.253 e. The molecule has 0 aliphatic carbocycles. The number of carbonyl (C=O) groups is 2. The van der Waals surface area contributed by atoms with Crippen LogP contribution in [0.15, 0.2) is 220 Å². The Labute approximate surface area is 680 Å². The molecule has 27 nitrogen and oxygen atoms in total. The number of aryl methyl sites for hydroxylation is 5. The summed E-state index contributed by atoms with van der Waals surface area (Å²) >= 11 is 0. The maximum Gasteiger partial charge on any atom is 0.253 e. The molecule has 0 unspecified atom stereocenters. The van der Waals surface area contributed by atoms with Gasteiger partial charge in [0.1, 0.15) is 31.0 Å². The number of pyridine rings is 4. The summed E-state index contributed by atoms with van der Waals surface area (Å²) in [7, 11) is -0.446. The second-order valence-corrected chi connectivity index (χ2v) is 28.9. The van der Waals surface area contributed by atoms with Gasteiger partial charge in [0.05, 0.1) is 31.5 Å². The molecule has 0 fully saturated rings. The lowest BCUT2D eigenvalue weighted by atomic mass is 9.83. The molecule has 6 aromatic heterocycles. The van der Waals surface area contributed by atoms with Crippen LogP contribution in [0.25, 0.3) is 21.6 Å². The Morgan fingerprint density at radius 2 is 0.838 bits per heavy atom. The van der Waals surface area contributed by atoms with Crippen LogP contribution in [-0.4, -0.2) is 57.7 Å². The minimum absolute atomic E-state index is 0. The van der Waals surface area contributed by atoms with E-state index in [0.717, 1.165) is 51.5 Å². The molecule has 0 bridgehead atoms. The number of allylic oxidation sites excluding steroid dienone is 1. The molecule has 13 rings (SSSR count). The van der Waals surface area contributed by atoms with Gasteiger partial charge in [0.15, 0.2) is 32.9 Å². The molecule has 2 amide bonds. The van der Waals surface area contributed by atoms with Gasteiger partial charge in [0.25, 0.3) is 11.8 Å². The van der Waals surface area contributed by atoms with Crippen molar-refractivity contribution in [3.63, 3.8) is 0 Å². The Balaban J connectivity index is 0.000000354. The molecule has 0 saturated carbocycles. The number of rotatable bonds is 12. The number of hydrogen-bond acceptors (Lipinski definition) is 18. The number of aliphatic hydroxyl groups excluding tert-OH is 3. The van der Waals surface area contributed by atoms with Crippen molar-refractivity contribution in [2.45, 2.75) is 157 Å². The van der Waals surface area contributed by atoms with E-state index in [0.29, 0.717) is 71.2 Å². The molecule has 0 atom stereocenters. The second-order valence-electron chi connectivity index (χ2n) is 26.6. The third-order valence-corrected chi connectivity index (χ3v) is 21.4. The zero-order valence-corrected chi connectivity index (χ0v) is 68.7. The topological polar surface area (TPSA) is 484 Å². The molecule has 0 radical (unpaired) electrons. The van der Waals surface area contributed by atoms with E-state index in [9.17, 15) is 38.4 Å². The Bertz CT molecular complexity index is 5320. The van der Waals surface area contributed by atoms with Crippen molar-refractivity contribution in [2.24, 2.45) is 10.8 Å². The molecular weight excluding hydrogens is 1510 g/mol. The number of fused-ring (bicyclic) bond motifs is 2. The van der Waals surface area contributed by atoms with E-state index in [4.69, 9.17) is 36.1 Å². The Hall–Kier alpha value is -12.7. The van der Waals surface area contributed by atoms with Crippen LogP contribution in [0.4, 0.5) is 0 Å². The van der Waals surface area contributed by atoms with Crippen LogP contribution in [-0.2, 0) is 62.1 Å². The maximum absolute atomic E-state index is 12.5. The van der Waals surface area contributed by atoms with Crippen molar-refractivity contribution in [2.75, 3.05) is 0 Å². The number of aromatic amines is 4. The highest BCUT2D eigenvalue weighted by Gasteiger charge is 2.28. The van der Waals surface area contributed by atoms with Crippen molar-refractivity contribution in [3.8, 4) is 5.75 Å². The normalized spacial score (nSPS) is 11.8. The number of H-pyrrole nitrogens is 4. The van der Waals surface area contributed by atoms with Gasteiger partial charge in [-0.2, -0.15) is 0 Å². The minimum Gasteiger partial charge on any atom is -0.502 e. The molecular formula is C89H109N12O15P. The quantitative estimate of drug-likeness (QED) is 0.0178. The third kappa shape index (κ3) is 27.8. The molecule has 2 aliphatic rings. The predicted octanol–water partition coefficient (Wildman–Crippen LogP) is 11.1. The van der Waals surface area contributed by atoms with E-state index in [1.165, 1.54) is 96.5 Å². The number of aromatic nitrogens is 4. The number of azide groups is 1. The van der Waals surface area contributed by atoms with Crippen LogP contribution in [0, 0.1) is 90.0 Å². The zero-order chi connectivity index (χ0) is 83.9. The maximum atomic E-state index is 12.5. The summed E-state index contributed by atoms with van der Waals surface area (Å²) in [5.41, 5.74) is 34.8. The highest BCUT2D eigenvalue weighted by atomic mass is 31.1. The summed E-state index contributed by atoms with van der Waals surface area (Å²) < 4.78 is 9.43. The number of hydrogen-bond donors (Lipinski definition) is 13. The summed E-state index contributed by atoms with van der Waals surface area (Å²) in [5.74, 6) is -0.0329. The number of carbonyl (C=O) groups excluding carboxylic acids is 2. The first kappa shape index (κ1) is 98.5. The van der Waals surface area contributed by atoms with Crippen molar-refractivity contribution in [1.82, 2.24) is 42.0 Å². The summed E-state index contributed by atoms with van der Waals surface area (Å²) in [6.45, 7) is 29.1. The molecule has 11 aromatic rings. The first-order valence-electron chi connectivity index (χ1n) is 36.4. The number of nitrogens with one attached hydrogen (secondary N) is 7. The van der Waals surface area contributed by atoms with E-state index in [1.807, 2.05) is 13.0 Å². The van der Waals surface area contributed by atoms with Gasteiger partial charge in [-0.05, 0) is 193 Å². The van der Waals surface area contributed by atoms with Crippen molar-refractivity contribution < 1.29 is 44.3 Å². The van der Waals surface area contributed by atoms with E-state index < -0.39 is 19.1 Å². The van der Waals surface area contributed by atoms with Gasteiger partial charge in [-0.1, -0.05) is 110 Å². The summed E-state index contributed by atoms with van der Waals surface area (Å²) in [6, 6.07) is 40.6. The van der Waals surface area contributed by atoms with Crippen LogP contribution in [0.2, 0.25) is 0 Å². The monoisotopic (exact) mass is 1620 g/mol. The van der Waals surface area contributed by atoms with E-state index >= 15 is 0 Å². The molecule has 8 heterocycles. The predicted molar refractivity (Wildman–Crippen MR) is 466 cm³/mol. The number of nitrogens with two attached hydrogens (primary N) is 1. The number of aliphatic hydroxyl groups is 3. The molecule has 117 heavy (non-hydrogen) atoms. The highest BCUT2D eigenvalue weighted by molar-refractivity contribution is 7.79. The molecule has 5 aromatic carbocycles. The Kier molecular flexibility index (Phi) is 40.8. The van der Waals surface area contributed by atoms with Crippen molar-refractivity contribution in [3.05, 3.63) is 378 Å². The average Bonchev–Trinajstić information content (AvgIpc) is 0.764. The fraction of sp³-hybridized carbons (Fsp3) is 0.258. The number of amides is 2. The Morgan fingerprint density at radius 1 is 0.479 bits per heavy atom. The highest BCUT2D eigenvalue weighted by Crippen LogP contribution is 2.36. The lowest BCUT2D eigenvalue weighted by Gasteiger charge is -2.26. The van der Waals surface area contributed by atoms with E-state index in [1.54, 1.807) is 71.7 Å². The zero-order valence-electron chi connectivity index (χ0n) is 67.8. The molecule has 0 spiro atoms. The summed E-state index contributed by atoms with van der Waals surface area (Å²) in [5, 5.41) is 50.8. The number of nitrogens with zero attached hydrogens (tertiary/aromatic N) is 3. The van der Waals surface area contributed by atoms with Crippen molar-refractivity contribution >= 4 is 46.8 Å². The molecule has 18 N–H and O–H groups in total. The molecule has 28 heteroatoms. The fourth-order valence-electron chi connectivity index (χ4n) is 11.5. The number of benzene rings is 5. The third-order valence-electron chi connectivity index (χ3n) is 19.0. The van der Waals surface area contributed by atoms with Gasteiger partial charge in [0.2, 0.25) is 5.43 Å². The second kappa shape index (κ2) is 48.5. The van der Waals surface area contributed by atoms with Gasteiger partial charge < -0.3 is 82.5 Å². The fourth-order valence-corrected chi connectivity index (χ4v) is 13.8. The van der Waals surface area contributed by atoms with Crippen LogP contribution in [0.3, 0.4) is 0 Å². The van der Waals surface area contributed by atoms with Gasteiger partial charge in [-0.15, -0.1) is 0 Å². The largest absolute Gasteiger partial charge is 0.502 e. The minimum atomic E-state index is -0.546. The van der Waals surface area contributed by atoms with Crippen LogP contribution in [0.5, 0.6) is 5.75 Å². The standard InChI is InChI=1S/C21H25N3O2.C18H15P.C15H19NO.C7H8N4O.C7H10N2O.C7H9NO2.C7H8O3.C6H6O4.CH4.H3N.H2O/c1-11-7-23-16(6-19(11)25)8-22-9-18-20-15(5)13(3)12(2)14(4)17(20)10-24-21(18)26;1-4-10-16(11-5-1)19(17-12-6-2-7-13-17)18-14-8-3-9-15-18;1-6-12-14-11(5)9(3)8(2)10(4)13(14)7-16-15(12)17;1-5-3-9-6(2-7(5)12)4-10-11-8;1-5-4-9-6(3-8)2-7(5)10;1-5-3-8-6(4-9)2-7(5)10;1-5-4-10-6(3-8)2-7(5)9;7-2-4-1-5(8)6(9)3-10-4;;;/h6-7,9,22H,8,10H2,1-5H3,(H,23,25)(H,24,26);1-15H;6H,7H2,1-5H3,(H,16,17);2-3H,4H2,1H3,(H,9,12);2,4H,3,8H2,1H3,(H,9,10);2-3,9H,4H2,1H3,(H,8,10);2,4,8H,3H2,1H3;1,3,7,9H,2H2;1H4;1H3;1H2/b18-9-;;12-6+;;;;;;;;. The van der Waals surface area contributed by atoms with Crippen LogP contribution < -0.4 is 76.3 Å². The van der Waals surface area contributed by atoms with Crippen LogP contribution in [0.1, 0.15) is 143 Å². The van der Waals surface area contributed by atoms with Crippen molar-refractivity contribution in [1.29, 1.82) is 0 Å².